The maximum absolute atomic E-state index is 4.86. The lowest BCUT2D eigenvalue weighted by atomic mass is 10.1. The van der Waals surface area contributed by atoms with E-state index in [2.05, 4.69) is 58.4 Å². The molecule has 4 aromatic carbocycles. The molecule has 6 aromatic rings. The van der Waals surface area contributed by atoms with Crippen molar-refractivity contribution in [1.82, 2.24) is 15.0 Å². The number of hydrogen-bond donors (Lipinski definition) is 0. The molecule has 0 aliphatic rings. The smallest absolute Gasteiger partial charge is 0.164 e. The zero-order chi connectivity index (χ0) is 21.5. The highest BCUT2D eigenvalue weighted by atomic mass is 79.9. The minimum absolute atomic E-state index is 0.659. The van der Waals surface area contributed by atoms with Gasteiger partial charge in [0.15, 0.2) is 17.5 Å². The summed E-state index contributed by atoms with van der Waals surface area (Å²) in [6, 6.07) is 33.1. The molecular formula is C27H16BrN3S. The van der Waals surface area contributed by atoms with E-state index in [4.69, 9.17) is 15.0 Å². The van der Waals surface area contributed by atoms with E-state index in [0.29, 0.717) is 17.5 Å². The van der Waals surface area contributed by atoms with Crippen molar-refractivity contribution < 1.29 is 0 Å². The molecule has 0 fully saturated rings. The highest BCUT2D eigenvalue weighted by Gasteiger charge is 2.14. The second-order valence-electron chi connectivity index (χ2n) is 7.49. The van der Waals surface area contributed by atoms with Gasteiger partial charge in [0.25, 0.3) is 0 Å². The zero-order valence-electron chi connectivity index (χ0n) is 16.9. The van der Waals surface area contributed by atoms with E-state index >= 15 is 0 Å². The first kappa shape index (κ1) is 19.3. The molecular weight excluding hydrogens is 478 g/mol. The van der Waals surface area contributed by atoms with Gasteiger partial charge in [0.1, 0.15) is 0 Å². The van der Waals surface area contributed by atoms with Crippen LogP contribution in [0.3, 0.4) is 0 Å². The molecule has 0 unspecified atom stereocenters. The van der Waals surface area contributed by atoms with Crippen molar-refractivity contribution in [3.63, 3.8) is 0 Å². The predicted molar refractivity (Wildman–Crippen MR) is 137 cm³/mol. The molecule has 0 N–H and O–H groups in total. The average Bonchev–Trinajstić information content (AvgIpc) is 3.22. The molecule has 2 aromatic heterocycles. The number of nitrogens with zero attached hydrogens (tertiary/aromatic N) is 3. The summed E-state index contributed by atoms with van der Waals surface area (Å²) < 4.78 is 3.51. The van der Waals surface area contributed by atoms with Gasteiger partial charge in [-0.05, 0) is 24.3 Å². The summed E-state index contributed by atoms with van der Waals surface area (Å²) in [6.07, 6.45) is 0. The lowest BCUT2D eigenvalue weighted by Crippen LogP contribution is -2.00. The minimum atomic E-state index is 0.659. The average molecular weight is 494 g/mol. The van der Waals surface area contributed by atoms with Crippen molar-refractivity contribution >= 4 is 47.4 Å². The third-order valence-electron chi connectivity index (χ3n) is 5.39. The first-order chi connectivity index (χ1) is 15.7. The van der Waals surface area contributed by atoms with Gasteiger partial charge in [0.05, 0.1) is 0 Å². The van der Waals surface area contributed by atoms with E-state index in [1.807, 2.05) is 54.6 Å². The van der Waals surface area contributed by atoms with Gasteiger partial charge in [0.2, 0.25) is 0 Å². The van der Waals surface area contributed by atoms with Crippen molar-refractivity contribution in [3.8, 4) is 34.2 Å². The molecule has 5 heteroatoms. The van der Waals surface area contributed by atoms with Crippen LogP contribution in [0.5, 0.6) is 0 Å². The van der Waals surface area contributed by atoms with E-state index < -0.39 is 0 Å². The second-order valence-corrected chi connectivity index (χ2v) is 9.49. The van der Waals surface area contributed by atoms with Gasteiger partial charge in [0, 0.05) is 41.3 Å². The molecule has 0 radical (unpaired) electrons. The largest absolute Gasteiger partial charge is 0.208 e. The van der Waals surface area contributed by atoms with Crippen molar-refractivity contribution in [2.24, 2.45) is 0 Å². The molecule has 0 saturated heterocycles. The minimum Gasteiger partial charge on any atom is -0.208 e. The van der Waals surface area contributed by atoms with E-state index in [1.165, 1.54) is 20.2 Å². The molecule has 2 heterocycles. The maximum atomic E-state index is 4.86. The lowest BCUT2D eigenvalue weighted by Gasteiger charge is -2.08. The van der Waals surface area contributed by atoms with Gasteiger partial charge < -0.3 is 0 Å². The Bertz CT molecular complexity index is 1590. The summed E-state index contributed by atoms with van der Waals surface area (Å²) in [5, 5.41) is 2.55. The molecule has 152 valence electrons. The lowest BCUT2D eigenvalue weighted by molar-refractivity contribution is 1.07. The highest BCUT2D eigenvalue weighted by molar-refractivity contribution is 9.10. The normalized spacial score (nSPS) is 11.3. The topological polar surface area (TPSA) is 38.7 Å². The van der Waals surface area contributed by atoms with Crippen LogP contribution in [0.1, 0.15) is 0 Å². The van der Waals surface area contributed by atoms with Crippen LogP contribution in [0.4, 0.5) is 0 Å². The van der Waals surface area contributed by atoms with Crippen LogP contribution in [0.25, 0.3) is 54.3 Å². The quantitative estimate of drug-likeness (QED) is 0.250. The number of rotatable bonds is 3. The van der Waals surface area contributed by atoms with Gasteiger partial charge in [-0.3, -0.25) is 0 Å². The van der Waals surface area contributed by atoms with Crippen LogP contribution in [0.15, 0.2) is 102 Å². The monoisotopic (exact) mass is 493 g/mol. The Morgan fingerprint density at radius 3 is 1.91 bits per heavy atom. The van der Waals surface area contributed by atoms with E-state index in [9.17, 15) is 0 Å². The fraction of sp³-hybridized carbons (Fsp3) is 0. The summed E-state index contributed by atoms with van der Waals surface area (Å²) >= 11 is 5.36. The Labute approximate surface area is 197 Å². The summed E-state index contributed by atoms with van der Waals surface area (Å²) in [6.45, 7) is 0. The molecule has 0 aliphatic heterocycles. The van der Waals surface area contributed by atoms with Gasteiger partial charge in [-0.2, -0.15) is 0 Å². The van der Waals surface area contributed by atoms with Crippen LogP contribution < -0.4 is 0 Å². The Morgan fingerprint density at radius 2 is 1.12 bits per heavy atom. The Morgan fingerprint density at radius 1 is 0.500 bits per heavy atom. The predicted octanol–water partition coefficient (Wildman–Crippen LogP) is 8.00. The van der Waals surface area contributed by atoms with Gasteiger partial charge >= 0.3 is 0 Å². The Hall–Kier alpha value is -3.41. The molecule has 6 rings (SSSR count). The summed E-state index contributed by atoms with van der Waals surface area (Å²) in [5.41, 5.74) is 2.90. The van der Waals surface area contributed by atoms with Gasteiger partial charge in [-0.15, -0.1) is 11.3 Å². The van der Waals surface area contributed by atoms with Gasteiger partial charge in [-0.25, -0.2) is 15.0 Å². The number of benzene rings is 4. The zero-order valence-corrected chi connectivity index (χ0v) is 19.3. The molecule has 0 aliphatic carbocycles. The Balaban J connectivity index is 1.56. The molecule has 0 saturated carbocycles. The second kappa shape index (κ2) is 7.93. The fourth-order valence-electron chi connectivity index (χ4n) is 3.84. The summed E-state index contributed by atoms with van der Waals surface area (Å²) in [5.74, 6) is 2.00. The standard InChI is InChI=1S/C27H16BrN3S/c28-20-10-6-9-18(15-20)26-29-25(17-7-2-1-3-8-17)30-27(31-26)19-13-14-22-21-11-4-5-12-23(21)32-24(22)16-19/h1-16H. The number of thiophene rings is 1. The van der Waals surface area contributed by atoms with Crippen LogP contribution in [0, 0.1) is 0 Å². The van der Waals surface area contributed by atoms with Crippen molar-refractivity contribution in [3.05, 3.63) is 102 Å². The molecule has 0 atom stereocenters. The summed E-state index contributed by atoms with van der Waals surface area (Å²) in [4.78, 5) is 14.5. The first-order valence-electron chi connectivity index (χ1n) is 10.2. The third-order valence-corrected chi connectivity index (χ3v) is 7.01. The van der Waals surface area contributed by atoms with Crippen molar-refractivity contribution in [2.45, 2.75) is 0 Å². The van der Waals surface area contributed by atoms with Crippen LogP contribution >= 0.6 is 27.3 Å². The van der Waals surface area contributed by atoms with Crippen LogP contribution in [-0.2, 0) is 0 Å². The van der Waals surface area contributed by atoms with Crippen LogP contribution in [-0.4, -0.2) is 15.0 Å². The summed E-state index contributed by atoms with van der Waals surface area (Å²) in [7, 11) is 0. The van der Waals surface area contributed by atoms with Crippen molar-refractivity contribution in [1.29, 1.82) is 0 Å². The fourth-order valence-corrected chi connectivity index (χ4v) is 5.39. The highest BCUT2D eigenvalue weighted by Crippen LogP contribution is 2.36. The number of hydrogen-bond acceptors (Lipinski definition) is 4. The van der Waals surface area contributed by atoms with E-state index in [0.717, 1.165) is 21.2 Å². The number of aromatic nitrogens is 3. The SMILES string of the molecule is Brc1cccc(-c2nc(-c3ccccc3)nc(-c3ccc4c(c3)sc3ccccc34)n2)c1. The van der Waals surface area contributed by atoms with Crippen molar-refractivity contribution in [2.75, 3.05) is 0 Å². The van der Waals surface area contributed by atoms with E-state index in [1.54, 1.807) is 11.3 Å². The maximum Gasteiger partial charge on any atom is 0.164 e. The van der Waals surface area contributed by atoms with Gasteiger partial charge in [-0.1, -0.05) is 88.7 Å². The number of fused-ring (bicyclic) bond motifs is 3. The molecule has 3 nitrogen and oxygen atoms in total. The molecule has 32 heavy (non-hydrogen) atoms. The van der Waals surface area contributed by atoms with Crippen LogP contribution in [0.2, 0.25) is 0 Å². The Kier molecular flexibility index (Phi) is 4.78. The first-order valence-corrected chi connectivity index (χ1v) is 11.8. The molecule has 0 spiro atoms. The molecule has 0 amide bonds. The van der Waals surface area contributed by atoms with E-state index in [-0.39, 0.29) is 0 Å². The number of halogens is 1. The third kappa shape index (κ3) is 3.49. The molecule has 0 bridgehead atoms.